The Morgan fingerprint density at radius 2 is 2.14 bits per heavy atom. The second-order valence-corrected chi connectivity index (χ2v) is 6.31. The van der Waals surface area contributed by atoms with E-state index in [2.05, 4.69) is 65.6 Å². The second kappa shape index (κ2) is 8.54. The molecule has 0 unspecified atom stereocenters. The molecule has 4 nitrogen and oxygen atoms in total. The Hall–Kier alpha value is -1.88. The van der Waals surface area contributed by atoms with E-state index in [1.54, 1.807) is 11.3 Å². The number of nitrogens with one attached hydrogen (secondary N) is 2. The molecular weight excluding hydrogens is 292 g/mol. The van der Waals surface area contributed by atoms with E-state index < -0.39 is 0 Å². The number of rotatable bonds is 6. The predicted molar refractivity (Wildman–Crippen MR) is 94.3 cm³/mol. The molecule has 2 rings (SSSR count). The van der Waals surface area contributed by atoms with Crippen LogP contribution in [0.25, 0.3) is 0 Å². The van der Waals surface area contributed by atoms with Crippen molar-refractivity contribution in [3.63, 3.8) is 0 Å². The van der Waals surface area contributed by atoms with Gasteiger partial charge in [0.25, 0.3) is 0 Å². The lowest BCUT2D eigenvalue weighted by Gasteiger charge is -2.10. The van der Waals surface area contributed by atoms with Gasteiger partial charge < -0.3 is 10.6 Å². The Kier molecular flexibility index (Phi) is 6.40. The van der Waals surface area contributed by atoms with Gasteiger partial charge in [0.2, 0.25) is 0 Å². The van der Waals surface area contributed by atoms with Crippen molar-refractivity contribution in [1.29, 1.82) is 0 Å². The zero-order valence-electron chi connectivity index (χ0n) is 13.5. The average molecular weight is 316 g/mol. The van der Waals surface area contributed by atoms with Crippen molar-refractivity contribution < 1.29 is 0 Å². The predicted octanol–water partition coefficient (Wildman–Crippen LogP) is 3.27. The number of guanidine groups is 1. The fraction of sp³-hybridized carbons (Fsp3) is 0.412. The molecule has 22 heavy (non-hydrogen) atoms. The summed E-state index contributed by atoms with van der Waals surface area (Å²) in [5.74, 6) is 0.831. The maximum absolute atomic E-state index is 4.64. The molecule has 0 atom stereocenters. The Labute approximate surface area is 136 Å². The minimum absolute atomic E-state index is 0.676. The quantitative estimate of drug-likeness (QED) is 0.635. The molecule has 0 bridgehead atoms. The monoisotopic (exact) mass is 316 g/mol. The molecule has 2 aromatic rings. The van der Waals surface area contributed by atoms with Crippen molar-refractivity contribution in [2.24, 2.45) is 4.99 Å². The molecule has 0 amide bonds. The van der Waals surface area contributed by atoms with Gasteiger partial charge in [-0.25, -0.2) is 9.98 Å². The van der Waals surface area contributed by atoms with Crippen LogP contribution in [0.4, 0.5) is 0 Å². The fourth-order valence-electron chi connectivity index (χ4n) is 2.08. The Balaban J connectivity index is 1.94. The van der Waals surface area contributed by atoms with Crippen molar-refractivity contribution in [3.8, 4) is 0 Å². The number of hydrogen-bond acceptors (Lipinski definition) is 3. The van der Waals surface area contributed by atoms with Gasteiger partial charge in [-0.2, -0.15) is 0 Å². The zero-order valence-corrected chi connectivity index (χ0v) is 14.3. The fourth-order valence-corrected chi connectivity index (χ4v) is 2.88. The third-order valence-corrected chi connectivity index (χ3v) is 4.35. The molecule has 1 aromatic carbocycles. The molecule has 2 N–H and O–H groups in total. The van der Waals surface area contributed by atoms with Crippen molar-refractivity contribution >= 4 is 17.3 Å². The van der Waals surface area contributed by atoms with Gasteiger partial charge in [0.1, 0.15) is 5.01 Å². The molecule has 5 heteroatoms. The second-order valence-electron chi connectivity index (χ2n) is 5.11. The summed E-state index contributed by atoms with van der Waals surface area (Å²) < 4.78 is 0. The first-order chi connectivity index (χ1) is 10.7. The van der Waals surface area contributed by atoms with Crippen molar-refractivity contribution in [2.75, 3.05) is 6.54 Å². The molecule has 0 saturated carbocycles. The lowest BCUT2D eigenvalue weighted by molar-refractivity contribution is 0.811. The van der Waals surface area contributed by atoms with Crippen molar-refractivity contribution in [2.45, 2.75) is 40.3 Å². The first-order valence-electron chi connectivity index (χ1n) is 7.72. The maximum Gasteiger partial charge on any atom is 0.191 e. The molecule has 0 aliphatic heterocycles. The van der Waals surface area contributed by atoms with E-state index in [1.165, 1.54) is 16.0 Å². The summed E-state index contributed by atoms with van der Waals surface area (Å²) in [5.41, 5.74) is 2.49. The summed E-state index contributed by atoms with van der Waals surface area (Å²) in [4.78, 5) is 10.4. The highest BCUT2D eigenvalue weighted by molar-refractivity contribution is 7.11. The topological polar surface area (TPSA) is 49.3 Å². The minimum atomic E-state index is 0.676. The highest BCUT2D eigenvalue weighted by Crippen LogP contribution is 2.12. The molecule has 0 fully saturated rings. The van der Waals surface area contributed by atoms with Gasteiger partial charge in [-0.1, -0.05) is 36.8 Å². The molecule has 1 heterocycles. The standard InChI is InChI=1S/C17H24N4S/c1-4-15-11-19-16(22-15)12-21-17(18-5-2)20-10-14-8-6-7-13(3)9-14/h6-9,11H,4-5,10,12H2,1-3H3,(H2,18,20,21). The van der Waals surface area contributed by atoms with Gasteiger partial charge >= 0.3 is 0 Å². The lowest BCUT2D eigenvalue weighted by atomic mass is 10.1. The van der Waals surface area contributed by atoms with Gasteiger partial charge in [-0.15, -0.1) is 11.3 Å². The highest BCUT2D eigenvalue weighted by atomic mass is 32.1. The smallest absolute Gasteiger partial charge is 0.191 e. The van der Waals surface area contributed by atoms with Gasteiger partial charge in [0.15, 0.2) is 5.96 Å². The Bertz CT molecular complexity index is 619. The molecule has 0 aliphatic carbocycles. The van der Waals surface area contributed by atoms with Gasteiger partial charge in [0.05, 0.1) is 13.1 Å². The highest BCUT2D eigenvalue weighted by Gasteiger charge is 2.02. The summed E-state index contributed by atoms with van der Waals surface area (Å²) in [7, 11) is 0. The van der Waals surface area contributed by atoms with E-state index in [0.29, 0.717) is 13.1 Å². The SMILES string of the molecule is CCNC(=NCc1cccc(C)c1)NCc1ncc(CC)s1. The number of benzene rings is 1. The molecule has 0 radical (unpaired) electrons. The summed E-state index contributed by atoms with van der Waals surface area (Å²) >= 11 is 1.75. The van der Waals surface area contributed by atoms with Crippen molar-refractivity contribution in [3.05, 3.63) is 51.5 Å². The van der Waals surface area contributed by atoms with Crippen LogP contribution in [-0.4, -0.2) is 17.5 Å². The van der Waals surface area contributed by atoms with Crippen LogP contribution in [0.1, 0.15) is 34.9 Å². The van der Waals surface area contributed by atoms with Crippen LogP contribution in [0.15, 0.2) is 35.5 Å². The lowest BCUT2D eigenvalue weighted by Crippen LogP contribution is -2.36. The van der Waals surface area contributed by atoms with Crippen LogP contribution >= 0.6 is 11.3 Å². The van der Waals surface area contributed by atoms with Crippen LogP contribution in [0, 0.1) is 6.92 Å². The number of hydrogen-bond donors (Lipinski definition) is 2. The molecule has 118 valence electrons. The van der Waals surface area contributed by atoms with Gasteiger partial charge in [0, 0.05) is 17.6 Å². The number of aliphatic imine (C=N–C) groups is 1. The van der Waals surface area contributed by atoms with Crippen LogP contribution in [0.2, 0.25) is 0 Å². The third kappa shape index (κ3) is 5.15. The van der Waals surface area contributed by atoms with Crippen LogP contribution in [0.5, 0.6) is 0 Å². The van der Waals surface area contributed by atoms with E-state index in [4.69, 9.17) is 0 Å². The molecule has 0 saturated heterocycles. The zero-order chi connectivity index (χ0) is 15.8. The van der Waals surface area contributed by atoms with E-state index in [-0.39, 0.29) is 0 Å². The summed E-state index contributed by atoms with van der Waals surface area (Å²) in [6.45, 7) is 8.56. The number of thiazole rings is 1. The van der Waals surface area contributed by atoms with E-state index in [0.717, 1.165) is 23.9 Å². The van der Waals surface area contributed by atoms with Crippen molar-refractivity contribution in [1.82, 2.24) is 15.6 Å². The minimum Gasteiger partial charge on any atom is -0.357 e. The van der Waals surface area contributed by atoms with Crippen LogP contribution in [-0.2, 0) is 19.5 Å². The summed E-state index contributed by atoms with van der Waals surface area (Å²) in [6, 6.07) is 8.45. The molecule has 1 aromatic heterocycles. The first-order valence-corrected chi connectivity index (χ1v) is 8.54. The normalized spacial score (nSPS) is 11.5. The summed E-state index contributed by atoms with van der Waals surface area (Å²) in [6.07, 6.45) is 3.00. The third-order valence-electron chi connectivity index (χ3n) is 3.20. The largest absolute Gasteiger partial charge is 0.357 e. The summed E-state index contributed by atoms with van der Waals surface area (Å²) in [5, 5.41) is 7.72. The maximum atomic E-state index is 4.64. The van der Waals surface area contributed by atoms with Crippen LogP contribution in [0.3, 0.4) is 0 Å². The number of aromatic nitrogens is 1. The van der Waals surface area contributed by atoms with Gasteiger partial charge in [-0.3, -0.25) is 0 Å². The van der Waals surface area contributed by atoms with E-state index in [9.17, 15) is 0 Å². The Morgan fingerprint density at radius 1 is 1.27 bits per heavy atom. The molecule has 0 aliphatic rings. The average Bonchev–Trinajstić information content (AvgIpc) is 2.98. The van der Waals surface area contributed by atoms with E-state index >= 15 is 0 Å². The van der Waals surface area contributed by atoms with E-state index in [1.807, 2.05) is 6.20 Å². The number of nitrogens with zero attached hydrogens (tertiary/aromatic N) is 2. The van der Waals surface area contributed by atoms with Gasteiger partial charge in [-0.05, 0) is 25.8 Å². The Morgan fingerprint density at radius 3 is 2.82 bits per heavy atom. The first kappa shape index (κ1) is 16.5. The van der Waals surface area contributed by atoms with Crippen LogP contribution < -0.4 is 10.6 Å². The molecular formula is C17H24N4S. The molecule has 0 spiro atoms. The number of aryl methyl sites for hydroxylation is 2.